The summed E-state index contributed by atoms with van der Waals surface area (Å²) in [5.41, 5.74) is 4.34. The zero-order valence-electron chi connectivity index (χ0n) is 19.1. The summed E-state index contributed by atoms with van der Waals surface area (Å²) in [6.07, 6.45) is 3.55. The average Bonchev–Trinajstić information content (AvgIpc) is 3.31. The summed E-state index contributed by atoms with van der Waals surface area (Å²) in [5, 5.41) is 19.7. The minimum atomic E-state index is -0.544. The van der Waals surface area contributed by atoms with Gasteiger partial charge >= 0.3 is 0 Å². The third-order valence-corrected chi connectivity index (χ3v) is 5.62. The van der Waals surface area contributed by atoms with E-state index in [1.807, 2.05) is 79.9 Å². The van der Waals surface area contributed by atoms with Gasteiger partial charge in [0.05, 0.1) is 29.2 Å². The molecule has 0 aliphatic heterocycles. The number of pyridine rings is 1. The van der Waals surface area contributed by atoms with Crippen LogP contribution in [0.5, 0.6) is 0 Å². The number of benzene rings is 2. The first-order valence-corrected chi connectivity index (χ1v) is 11.1. The fourth-order valence-corrected chi connectivity index (χ4v) is 3.66. The van der Waals surface area contributed by atoms with Crippen LogP contribution in [0.3, 0.4) is 0 Å². The molecule has 0 saturated carbocycles. The molecule has 1 amide bonds. The zero-order chi connectivity index (χ0) is 23.9. The maximum Gasteiger partial charge on any atom is 0.247 e. The molecule has 2 heterocycles. The van der Waals surface area contributed by atoms with Crippen LogP contribution in [0.1, 0.15) is 41.3 Å². The predicted molar refractivity (Wildman–Crippen MR) is 131 cm³/mol. The second-order valence-corrected chi connectivity index (χ2v) is 8.18. The fourth-order valence-electron chi connectivity index (χ4n) is 3.66. The van der Waals surface area contributed by atoms with Crippen LogP contribution >= 0.6 is 0 Å². The Bertz CT molecular complexity index is 1270. The van der Waals surface area contributed by atoms with E-state index in [-0.39, 0.29) is 11.8 Å². The number of rotatable bonds is 8. The summed E-state index contributed by atoms with van der Waals surface area (Å²) >= 11 is 0. The van der Waals surface area contributed by atoms with E-state index in [1.54, 1.807) is 16.9 Å². The molecule has 0 unspecified atom stereocenters. The summed E-state index contributed by atoms with van der Waals surface area (Å²) in [7, 11) is 0. The molecule has 0 bridgehead atoms. The maximum atomic E-state index is 13.2. The van der Waals surface area contributed by atoms with E-state index in [1.165, 1.54) is 0 Å². The number of nitrogens with one attached hydrogen (secondary N) is 2. The molecule has 0 saturated heterocycles. The second kappa shape index (κ2) is 10.6. The summed E-state index contributed by atoms with van der Waals surface area (Å²) in [6.45, 7) is 4.60. The van der Waals surface area contributed by atoms with E-state index in [4.69, 9.17) is 5.26 Å². The molecule has 34 heavy (non-hydrogen) atoms. The number of anilines is 1. The highest BCUT2D eigenvalue weighted by Gasteiger charge is 2.21. The Labute approximate surface area is 199 Å². The van der Waals surface area contributed by atoms with Gasteiger partial charge in [0, 0.05) is 12.7 Å². The van der Waals surface area contributed by atoms with Gasteiger partial charge in [0.2, 0.25) is 5.91 Å². The molecule has 4 aromatic rings. The molecule has 2 N–H and O–H groups in total. The quantitative estimate of drug-likeness (QED) is 0.411. The molecular weight excluding hydrogens is 424 g/mol. The van der Waals surface area contributed by atoms with Crippen LogP contribution in [0.15, 0.2) is 85.2 Å². The lowest BCUT2D eigenvalue weighted by Crippen LogP contribution is -2.35. The van der Waals surface area contributed by atoms with Crippen LogP contribution < -0.4 is 10.6 Å². The molecule has 0 aliphatic rings. The Hall–Kier alpha value is -4.28. The lowest BCUT2D eigenvalue weighted by molar-refractivity contribution is -0.118. The van der Waals surface area contributed by atoms with Gasteiger partial charge in [0.1, 0.15) is 11.9 Å². The van der Waals surface area contributed by atoms with Gasteiger partial charge in [-0.1, -0.05) is 49.4 Å². The molecule has 0 fully saturated rings. The van der Waals surface area contributed by atoms with Gasteiger partial charge in [0.15, 0.2) is 0 Å². The Morgan fingerprint density at radius 3 is 2.41 bits per heavy atom. The Balaban J connectivity index is 1.46. The Morgan fingerprint density at radius 1 is 1.03 bits per heavy atom. The van der Waals surface area contributed by atoms with E-state index in [0.717, 1.165) is 22.5 Å². The van der Waals surface area contributed by atoms with E-state index in [0.29, 0.717) is 17.9 Å². The van der Waals surface area contributed by atoms with Crippen molar-refractivity contribution in [3.8, 4) is 11.8 Å². The summed E-state index contributed by atoms with van der Waals surface area (Å²) in [5.74, 6) is 0.440. The number of hydrogen-bond acceptors (Lipinski definition) is 5. The van der Waals surface area contributed by atoms with E-state index in [2.05, 4.69) is 33.7 Å². The van der Waals surface area contributed by atoms with Crippen LogP contribution in [-0.2, 0) is 4.79 Å². The van der Waals surface area contributed by atoms with Crippen LogP contribution in [-0.4, -0.2) is 27.2 Å². The highest BCUT2D eigenvalue weighted by Crippen LogP contribution is 2.20. The number of aryl methyl sites for hydroxylation is 1. The number of aromatic nitrogens is 3. The molecule has 2 aromatic carbocycles. The van der Waals surface area contributed by atoms with Crippen molar-refractivity contribution < 1.29 is 4.79 Å². The number of carbonyl (C=O) groups is 1. The molecular formula is C27H26N6O. The summed E-state index contributed by atoms with van der Waals surface area (Å²) in [4.78, 5) is 17.6. The van der Waals surface area contributed by atoms with Crippen molar-refractivity contribution in [1.82, 2.24) is 20.1 Å². The van der Waals surface area contributed by atoms with Gasteiger partial charge in [0.25, 0.3) is 0 Å². The van der Waals surface area contributed by atoms with Crippen molar-refractivity contribution in [3.63, 3.8) is 0 Å². The average molecular weight is 451 g/mol. The lowest BCUT2D eigenvalue weighted by atomic mass is 9.98. The van der Waals surface area contributed by atoms with Crippen molar-refractivity contribution >= 4 is 11.7 Å². The Morgan fingerprint density at radius 2 is 1.79 bits per heavy atom. The van der Waals surface area contributed by atoms with Crippen molar-refractivity contribution in [2.45, 2.75) is 25.8 Å². The monoisotopic (exact) mass is 450 g/mol. The fraction of sp³-hybridized carbons (Fsp3) is 0.185. The summed E-state index contributed by atoms with van der Waals surface area (Å²) in [6, 6.07) is 24.3. The number of hydrogen-bond donors (Lipinski definition) is 2. The van der Waals surface area contributed by atoms with E-state index >= 15 is 0 Å². The standard InChI is InChI=1S/C27H26N6O/c1-19(22-10-8-21(16-28)9-11-22)17-30-26(23-6-4-3-5-7-23)27(34)31-25-13-12-24(18-29-25)33-15-14-20(2)32-33/h3-15,18-19,26,30H,17H2,1-2H3,(H,29,31,34)/t19-,26+/m1/s1. The van der Waals surface area contributed by atoms with Crippen molar-refractivity contribution in [1.29, 1.82) is 5.26 Å². The minimum Gasteiger partial charge on any atom is -0.309 e. The van der Waals surface area contributed by atoms with Gasteiger partial charge in [-0.2, -0.15) is 10.4 Å². The second-order valence-electron chi connectivity index (χ2n) is 8.18. The predicted octanol–water partition coefficient (Wildman–Crippen LogP) is 4.52. The Kier molecular flexibility index (Phi) is 7.11. The highest BCUT2D eigenvalue weighted by molar-refractivity contribution is 5.94. The molecule has 7 nitrogen and oxygen atoms in total. The first-order chi connectivity index (χ1) is 16.5. The van der Waals surface area contributed by atoms with Crippen molar-refractivity contribution in [2.75, 3.05) is 11.9 Å². The van der Waals surface area contributed by atoms with Gasteiger partial charge < -0.3 is 10.6 Å². The molecule has 2 aromatic heterocycles. The van der Waals surface area contributed by atoms with E-state index in [9.17, 15) is 4.79 Å². The van der Waals surface area contributed by atoms with Gasteiger partial charge in [-0.05, 0) is 54.3 Å². The van der Waals surface area contributed by atoms with E-state index < -0.39 is 6.04 Å². The van der Waals surface area contributed by atoms with Crippen LogP contribution in [0.4, 0.5) is 5.82 Å². The van der Waals surface area contributed by atoms with Crippen LogP contribution in [0.25, 0.3) is 5.69 Å². The smallest absolute Gasteiger partial charge is 0.247 e. The van der Waals surface area contributed by atoms with Crippen molar-refractivity contribution in [3.05, 3.63) is 108 Å². The van der Waals surface area contributed by atoms with Gasteiger partial charge in [-0.25, -0.2) is 9.67 Å². The molecule has 170 valence electrons. The SMILES string of the molecule is Cc1ccn(-c2ccc(NC(=O)[C@@H](NC[C@@H](C)c3ccc(C#N)cc3)c3ccccc3)nc2)n1. The maximum absolute atomic E-state index is 13.2. The molecule has 0 aliphatic carbocycles. The van der Waals surface area contributed by atoms with Crippen LogP contribution in [0.2, 0.25) is 0 Å². The lowest BCUT2D eigenvalue weighted by Gasteiger charge is -2.21. The van der Waals surface area contributed by atoms with Crippen LogP contribution in [0, 0.1) is 18.3 Å². The number of carbonyl (C=O) groups excluding carboxylic acids is 1. The van der Waals surface area contributed by atoms with Gasteiger partial charge in [-0.3, -0.25) is 4.79 Å². The number of nitriles is 1. The third kappa shape index (κ3) is 5.55. The molecule has 0 radical (unpaired) electrons. The zero-order valence-corrected chi connectivity index (χ0v) is 19.1. The third-order valence-electron chi connectivity index (χ3n) is 5.62. The molecule has 4 rings (SSSR count). The van der Waals surface area contributed by atoms with Gasteiger partial charge in [-0.15, -0.1) is 0 Å². The van der Waals surface area contributed by atoms with Crippen molar-refractivity contribution in [2.24, 2.45) is 0 Å². The molecule has 7 heteroatoms. The largest absolute Gasteiger partial charge is 0.309 e. The first-order valence-electron chi connectivity index (χ1n) is 11.1. The normalized spacial score (nSPS) is 12.5. The topological polar surface area (TPSA) is 95.6 Å². The highest BCUT2D eigenvalue weighted by atomic mass is 16.2. The molecule has 2 atom stereocenters. The number of amides is 1. The molecule has 0 spiro atoms. The minimum absolute atomic E-state index is 0.154. The number of nitrogens with zero attached hydrogens (tertiary/aromatic N) is 4. The first kappa shape index (κ1) is 22.9. The summed E-state index contributed by atoms with van der Waals surface area (Å²) < 4.78 is 1.74.